The molecule has 0 heterocycles. The van der Waals surface area contributed by atoms with E-state index in [9.17, 15) is 24.3 Å². The van der Waals surface area contributed by atoms with Gasteiger partial charge < -0.3 is 24.6 Å². The van der Waals surface area contributed by atoms with Crippen LogP contribution in [-0.2, 0) is 9.47 Å². The van der Waals surface area contributed by atoms with Crippen LogP contribution in [0.25, 0.3) is 0 Å². The largest absolute Gasteiger partial charge is 0.478 e. The van der Waals surface area contributed by atoms with Crippen molar-refractivity contribution in [2.24, 2.45) is 0 Å². The summed E-state index contributed by atoms with van der Waals surface area (Å²) in [6.07, 6.45) is 0. The Morgan fingerprint density at radius 1 is 0.771 bits per heavy atom. The highest BCUT2D eigenvalue weighted by Gasteiger charge is 2.19. The Labute approximate surface area is 201 Å². The molecule has 3 aromatic rings. The first-order valence-corrected chi connectivity index (χ1v) is 10.7. The zero-order valence-electron chi connectivity index (χ0n) is 19.1. The van der Waals surface area contributed by atoms with E-state index in [1.807, 2.05) is 0 Å². The van der Waals surface area contributed by atoms with E-state index in [0.717, 1.165) is 0 Å². The van der Waals surface area contributed by atoms with E-state index in [1.165, 1.54) is 24.3 Å². The molecular weight excluding hydrogens is 454 g/mol. The van der Waals surface area contributed by atoms with Crippen molar-refractivity contribution in [2.75, 3.05) is 18.5 Å². The number of anilines is 1. The third kappa shape index (κ3) is 6.23. The highest BCUT2D eigenvalue weighted by Crippen LogP contribution is 2.31. The second-order valence-electron chi connectivity index (χ2n) is 7.09. The molecule has 2 N–H and O–H groups in total. The SMILES string of the molecule is CCOC(=O)c1cccc(C(=O)Nc2ccccc2Oc2ccc(C(=O)OCC)c(C(=O)O)c2)c1. The molecule has 0 atom stereocenters. The number of aromatic carboxylic acids is 1. The van der Waals surface area contributed by atoms with Crippen LogP contribution in [0.4, 0.5) is 5.69 Å². The number of esters is 2. The molecule has 0 aliphatic heterocycles. The van der Waals surface area contributed by atoms with Crippen LogP contribution in [0.5, 0.6) is 11.5 Å². The number of carboxylic acids is 1. The zero-order chi connectivity index (χ0) is 25.4. The van der Waals surface area contributed by atoms with Crippen LogP contribution < -0.4 is 10.1 Å². The van der Waals surface area contributed by atoms with Gasteiger partial charge in [0.25, 0.3) is 5.91 Å². The molecule has 3 aromatic carbocycles. The Hall–Kier alpha value is -4.66. The molecule has 0 unspecified atom stereocenters. The summed E-state index contributed by atoms with van der Waals surface area (Å²) in [4.78, 5) is 48.5. The number of carbonyl (C=O) groups is 4. The van der Waals surface area contributed by atoms with E-state index in [-0.39, 0.29) is 47.0 Å². The van der Waals surface area contributed by atoms with E-state index in [0.29, 0.717) is 5.69 Å². The Bertz CT molecular complexity index is 1270. The lowest BCUT2D eigenvalue weighted by Gasteiger charge is -2.14. The van der Waals surface area contributed by atoms with Gasteiger partial charge in [0, 0.05) is 5.56 Å². The summed E-state index contributed by atoms with van der Waals surface area (Å²) in [6.45, 7) is 3.62. The molecule has 180 valence electrons. The van der Waals surface area contributed by atoms with Gasteiger partial charge in [-0.25, -0.2) is 14.4 Å². The van der Waals surface area contributed by atoms with Gasteiger partial charge in [0.15, 0.2) is 5.75 Å². The number of hydrogen-bond donors (Lipinski definition) is 2. The second kappa shape index (κ2) is 11.5. The number of ether oxygens (including phenoxy) is 3. The molecule has 1 amide bonds. The lowest BCUT2D eigenvalue weighted by atomic mass is 10.1. The Balaban J connectivity index is 1.84. The molecule has 9 heteroatoms. The number of carbonyl (C=O) groups excluding carboxylic acids is 3. The first-order chi connectivity index (χ1) is 16.8. The van der Waals surface area contributed by atoms with Gasteiger partial charge in [-0.2, -0.15) is 0 Å². The predicted molar refractivity (Wildman–Crippen MR) is 126 cm³/mol. The van der Waals surface area contributed by atoms with E-state index in [2.05, 4.69) is 5.32 Å². The van der Waals surface area contributed by atoms with Crippen LogP contribution in [0, 0.1) is 0 Å². The van der Waals surface area contributed by atoms with E-state index >= 15 is 0 Å². The van der Waals surface area contributed by atoms with Gasteiger partial charge >= 0.3 is 17.9 Å². The molecule has 9 nitrogen and oxygen atoms in total. The number of benzene rings is 3. The third-order valence-electron chi connectivity index (χ3n) is 4.72. The van der Waals surface area contributed by atoms with Crippen molar-refractivity contribution in [1.82, 2.24) is 0 Å². The van der Waals surface area contributed by atoms with Crippen LogP contribution in [0.1, 0.15) is 55.3 Å². The third-order valence-corrected chi connectivity index (χ3v) is 4.72. The van der Waals surface area contributed by atoms with Crippen molar-refractivity contribution in [1.29, 1.82) is 0 Å². The van der Waals surface area contributed by atoms with Crippen molar-refractivity contribution in [2.45, 2.75) is 13.8 Å². The highest BCUT2D eigenvalue weighted by atomic mass is 16.5. The fraction of sp³-hybridized carbons (Fsp3) is 0.154. The summed E-state index contributed by atoms with van der Waals surface area (Å²) in [7, 11) is 0. The van der Waals surface area contributed by atoms with Crippen molar-refractivity contribution in [3.63, 3.8) is 0 Å². The van der Waals surface area contributed by atoms with Crippen molar-refractivity contribution >= 4 is 29.5 Å². The molecule has 0 bridgehead atoms. The number of amides is 1. The summed E-state index contributed by atoms with van der Waals surface area (Å²) in [5.74, 6) is -2.72. The lowest BCUT2D eigenvalue weighted by molar-refractivity contribution is 0.0511. The molecule has 0 aliphatic rings. The van der Waals surface area contributed by atoms with E-state index in [4.69, 9.17) is 14.2 Å². The summed E-state index contributed by atoms with van der Waals surface area (Å²) in [5, 5.41) is 12.2. The minimum absolute atomic E-state index is 0.102. The minimum atomic E-state index is -1.32. The molecule has 0 saturated carbocycles. The van der Waals surface area contributed by atoms with Crippen molar-refractivity contribution in [3.8, 4) is 11.5 Å². The standard InChI is InChI=1S/C26H23NO8/c1-3-33-25(31)17-9-7-8-16(14-17)23(28)27-21-10-5-6-11-22(21)35-18-12-13-19(26(32)34-4-2)20(15-18)24(29)30/h5-15H,3-4H2,1-2H3,(H,27,28)(H,29,30). The molecule has 35 heavy (non-hydrogen) atoms. The van der Waals surface area contributed by atoms with Crippen LogP contribution in [0.2, 0.25) is 0 Å². The van der Waals surface area contributed by atoms with E-state index < -0.39 is 23.8 Å². The Morgan fingerprint density at radius 2 is 1.46 bits per heavy atom. The quantitative estimate of drug-likeness (QED) is 0.421. The monoisotopic (exact) mass is 477 g/mol. The van der Waals surface area contributed by atoms with E-state index in [1.54, 1.807) is 56.3 Å². The maximum atomic E-state index is 12.8. The minimum Gasteiger partial charge on any atom is -0.478 e. The molecular formula is C26H23NO8. The van der Waals surface area contributed by atoms with Gasteiger partial charge in [-0.05, 0) is 62.4 Å². The van der Waals surface area contributed by atoms with Crippen LogP contribution in [0.3, 0.4) is 0 Å². The molecule has 0 fully saturated rings. The number of carboxylic acid groups (broad SMARTS) is 1. The normalized spacial score (nSPS) is 10.2. The molecule has 0 saturated heterocycles. The summed E-state index contributed by atoms with van der Waals surface area (Å²) in [6, 6.07) is 16.6. The molecule has 0 aliphatic carbocycles. The van der Waals surface area contributed by atoms with Gasteiger partial charge in [0.05, 0.1) is 35.6 Å². The fourth-order valence-corrected chi connectivity index (χ4v) is 3.13. The van der Waals surface area contributed by atoms with Gasteiger partial charge in [0.2, 0.25) is 0 Å². The molecule has 0 radical (unpaired) electrons. The average molecular weight is 477 g/mol. The number of nitrogens with one attached hydrogen (secondary N) is 1. The second-order valence-corrected chi connectivity index (χ2v) is 7.09. The molecule has 0 aromatic heterocycles. The fourth-order valence-electron chi connectivity index (χ4n) is 3.13. The average Bonchev–Trinajstić information content (AvgIpc) is 2.85. The zero-order valence-corrected chi connectivity index (χ0v) is 19.1. The topological polar surface area (TPSA) is 128 Å². The Morgan fingerprint density at radius 3 is 2.17 bits per heavy atom. The number of para-hydroxylation sites is 2. The van der Waals surface area contributed by atoms with Gasteiger partial charge in [-0.3, -0.25) is 4.79 Å². The molecule has 0 spiro atoms. The smallest absolute Gasteiger partial charge is 0.339 e. The van der Waals surface area contributed by atoms with Crippen molar-refractivity contribution < 1.29 is 38.5 Å². The Kier molecular flexibility index (Phi) is 8.18. The highest BCUT2D eigenvalue weighted by molar-refractivity contribution is 6.06. The maximum absolute atomic E-state index is 12.8. The number of hydrogen-bond acceptors (Lipinski definition) is 7. The van der Waals surface area contributed by atoms with Gasteiger partial charge in [-0.1, -0.05) is 18.2 Å². The van der Waals surface area contributed by atoms with Crippen LogP contribution in [0.15, 0.2) is 66.7 Å². The predicted octanol–water partition coefficient (Wildman–Crippen LogP) is 4.78. The summed E-state index contributed by atoms with van der Waals surface area (Å²) < 4.78 is 15.7. The van der Waals surface area contributed by atoms with Crippen molar-refractivity contribution in [3.05, 3.63) is 89.0 Å². The van der Waals surface area contributed by atoms with Gasteiger partial charge in [0.1, 0.15) is 5.75 Å². The maximum Gasteiger partial charge on any atom is 0.339 e. The first kappa shape index (κ1) is 25.0. The van der Waals surface area contributed by atoms with Crippen LogP contribution >= 0.6 is 0 Å². The lowest BCUT2D eigenvalue weighted by Crippen LogP contribution is -2.14. The first-order valence-electron chi connectivity index (χ1n) is 10.7. The summed E-state index contributed by atoms with van der Waals surface area (Å²) in [5.41, 5.74) is 0.405. The van der Waals surface area contributed by atoms with Gasteiger partial charge in [-0.15, -0.1) is 0 Å². The molecule has 3 rings (SSSR count). The van der Waals surface area contributed by atoms with Crippen LogP contribution in [-0.4, -0.2) is 42.1 Å². The summed E-state index contributed by atoms with van der Waals surface area (Å²) >= 11 is 0. The number of rotatable bonds is 9.